The zero-order valence-electron chi connectivity index (χ0n) is 14.3. The number of nitrogens with two attached hydrogens (primary N) is 1. The largest absolute Gasteiger partial charge is 0.391 e. The molecule has 1 aliphatic carbocycles. The number of hydrogen-bond donors (Lipinski definition) is 3. The average Bonchev–Trinajstić information content (AvgIpc) is 2.99. The molecule has 3 atom stereocenters. The highest BCUT2D eigenvalue weighted by Crippen LogP contribution is 2.28. The van der Waals surface area contributed by atoms with Gasteiger partial charge in [0.25, 0.3) is 0 Å². The van der Waals surface area contributed by atoms with Crippen molar-refractivity contribution in [3.63, 3.8) is 0 Å². The second kappa shape index (κ2) is 7.93. The third-order valence-corrected chi connectivity index (χ3v) is 5.27. The summed E-state index contributed by atoms with van der Waals surface area (Å²) in [7, 11) is 0. The van der Waals surface area contributed by atoms with Crippen LogP contribution in [0, 0.1) is 11.8 Å². The van der Waals surface area contributed by atoms with Crippen LogP contribution in [0.25, 0.3) is 0 Å². The molecule has 0 unspecified atom stereocenters. The fourth-order valence-corrected chi connectivity index (χ4v) is 3.69. The third kappa shape index (κ3) is 4.35. The predicted molar refractivity (Wildman–Crippen MR) is 92.1 cm³/mol. The SMILES string of the molecule is N[C@H]1C[C@H](C(=O)N2CCC(C(=O)NCc3ccccn3)CC2)C[C@@H]1O. The number of amides is 2. The van der Waals surface area contributed by atoms with Gasteiger partial charge >= 0.3 is 0 Å². The smallest absolute Gasteiger partial charge is 0.225 e. The van der Waals surface area contributed by atoms with Crippen LogP contribution in [-0.2, 0) is 16.1 Å². The summed E-state index contributed by atoms with van der Waals surface area (Å²) in [6.45, 7) is 1.60. The summed E-state index contributed by atoms with van der Waals surface area (Å²) >= 11 is 0. The molecular formula is C18H26N4O3. The van der Waals surface area contributed by atoms with Crippen LogP contribution in [0.15, 0.2) is 24.4 Å². The average molecular weight is 346 g/mol. The zero-order chi connectivity index (χ0) is 17.8. The molecular weight excluding hydrogens is 320 g/mol. The number of carbonyl (C=O) groups is 2. The minimum absolute atomic E-state index is 0.0241. The number of hydrogen-bond acceptors (Lipinski definition) is 5. The van der Waals surface area contributed by atoms with Crippen molar-refractivity contribution in [1.29, 1.82) is 0 Å². The Kier molecular flexibility index (Phi) is 5.65. The van der Waals surface area contributed by atoms with Crippen molar-refractivity contribution in [3.05, 3.63) is 30.1 Å². The Morgan fingerprint density at radius 1 is 1.24 bits per heavy atom. The summed E-state index contributed by atoms with van der Waals surface area (Å²) in [6, 6.07) is 5.31. The number of aromatic nitrogens is 1. The van der Waals surface area contributed by atoms with Gasteiger partial charge < -0.3 is 21.1 Å². The second-order valence-corrected chi connectivity index (χ2v) is 7.04. The Labute approximate surface area is 147 Å². The lowest BCUT2D eigenvalue weighted by Crippen LogP contribution is -2.44. The van der Waals surface area contributed by atoms with E-state index in [4.69, 9.17) is 5.73 Å². The van der Waals surface area contributed by atoms with Crippen molar-refractivity contribution < 1.29 is 14.7 Å². The number of nitrogens with zero attached hydrogens (tertiary/aromatic N) is 2. The van der Waals surface area contributed by atoms with Gasteiger partial charge in [-0.3, -0.25) is 14.6 Å². The molecule has 2 aliphatic rings. The van der Waals surface area contributed by atoms with Gasteiger partial charge in [-0.2, -0.15) is 0 Å². The van der Waals surface area contributed by atoms with E-state index >= 15 is 0 Å². The summed E-state index contributed by atoms with van der Waals surface area (Å²) in [5.41, 5.74) is 6.63. The molecule has 4 N–H and O–H groups in total. The number of likely N-dealkylation sites (tertiary alicyclic amines) is 1. The zero-order valence-corrected chi connectivity index (χ0v) is 14.3. The van der Waals surface area contributed by atoms with Gasteiger partial charge in [-0.15, -0.1) is 0 Å². The molecule has 2 fully saturated rings. The summed E-state index contributed by atoms with van der Waals surface area (Å²) in [4.78, 5) is 30.8. The molecule has 7 nitrogen and oxygen atoms in total. The first-order valence-corrected chi connectivity index (χ1v) is 8.94. The number of carbonyl (C=O) groups excluding carboxylic acids is 2. The third-order valence-electron chi connectivity index (χ3n) is 5.27. The minimum Gasteiger partial charge on any atom is -0.391 e. The summed E-state index contributed by atoms with van der Waals surface area (Å²) in [5, 5.41) is 12.7. The first-order chi connectivity index (χ1) is 12.0. The second-order valence-electron chi connectivity index (χ2n) is 7.04. The number of piperidine rings is 1. The van der Waals surface area contributed by atoms with Crippen molar-refractivity contribution in [2.75, 3.05) is 13.1 Å². The number of nitrogens with one attached hydrogen (secondary N) is 1. The van der Waals surface area contributed by atoms with E-state index in [0.717, 1.165) is 5.69 Å². The van der Waals surface area contributed by atoms with Crippen molar-refractivity contribution >= 4 is 11.8 Å². The lowest BCUT2D eigenvalue weighted by Gasteiger charge is -2.33. The molecule has 2 heterocycles. The Morgan fingerprint density at radius 2 is 2.00 bits per heavy atom. The maximum Gasteiger partial charge on any atom is 0.225 e. The molecule has 1 saturated heterocycles. The van der Waals surface area contributed by atoms with Crippen LogP contribution in [0.1, 0.15) is 31.4 Å². The first-order valence-electron chi connectivity index (χ1n) is 8.94. The van der Waals surface area contributed by atoms with E-state index in [9.17, 15) is 14.7 Å². The molecule has 136 valence electrons. The number of aliphatic hydroxyl groups is 1. The Morgan fingerprint density at radius 3 is 2.60 bits per heavy atom. The van der Waals surface area contributed by atoms with Gasteiger partial charge in [0.1, 0.15) is 0 Å². The molecule has 1 aliphatic heterocycles. The molecule has 1 saturated carbocycles. The standard InChI is InChI=1S/C18H26N4O3/c19-15-9-13(10-16(15)23)18(25)22-7-4-12(5-8-22)17(24)21-11-14-3-1-2-6-20-14/h1-3,6,12-13,15-16,23H,4-5,7-11,19H2,(H,21,24)/t13-,15-,16-/m0/s1. The number of rotatable bonds is 4. The van der Waals surface area contributed by atoms with E-state index in [1.807, 2.05) is 23.1 Å². The molecule has 0 spiro atoms. The molecule has 1 aromatic heterocycles. The molecule has 0 radical (unpaired) electrons. The molecule has 0 aromatic carbocycles. The summed E-state index contributed by atoms with van der Waals surface area (Å²) in [5.74, 6) is -0.154. The Hall–Kier alpha value is -1.99. The van der Waals surface area contributed by atoms with E-state index in [2.05, 4.69) is 10.3 Å². The highest BCUT2D eigenvalue weighted by atomic mass is 16.3. The lowest BCUT2D eigenvalue weighted by molar-refractivity contribution is -0.139. The monoisotopic (exact) mass is 346 g/mol. The molecule has 2 amide bonds. The molecule has 25 heavy (non-hydrogen) atoms. The maximum absolute atomic E-state index is 12.5. The number of pyridine rings is 1. The van der Waals surface area contributed by atoms with Crippen molar-refractivity contribution in [3.8, 4) is 0 Å². The van der Waals surface area contributed by atoms with Gasteiger partial charge in [-0.1, -0.05) is 6.07 Å². The lowest BCUT2D eigenvalue weighted by atomic mass is 9.94. The van der Waals surface area contributed by atoms with Crippen LogP contribution in [-0.4, -0.2) is 52.0 Å². The van der Waals surface area contributed by atoms with Crippen LogP contribution >= 0.6 is 0 Å². The van der Waals surface area contributed by atoms with Gasteiger partial charge in [0.2, 0.25) is 11.8 Å². The van der Waals surface area contributed by atoms with Crippen LogP contribution in [0.2, 0.25) is 0 Å². The highest BCUT2D eigenvalue weighted by molar-refractivity contribution is 5.81. The van der Waals surface area contributed by atoms with Gasteiger partial charge in [0.05, 0.1) is 18.3 Å². The fourth-order valence-electron chi connectivity index (χ4n) is 3.69. The topological polar surface area (TPSA) is 109 Å². The first kappa shape index (κ1) is 17.8. The van der Waals surface area contributed by atoms with Gasteiger partial charge in [0.15, 0.2) is 0 Å². The molecule has 0 bridgehead atoms. The summed E-state index contributed by atoms with van der Waals surface area (Å²) in [6.07, 6.45) is 3.46. The number of aliphatic hydroxyl groups excluding tert-OH is 1. The van der Waals surface area contributed by atoms with Crippen LogP contribution < -0.4 is 11.1 Å². The van der Waals surface area contributed by atoms with Crippen LogP contribution in [0.4, 0.5) is 0 Å². The van der Waals surface area contributed by atoms with Gasteiger partial charge in [-0.05, 0) is 37.8 Å². The van der Waals surface area contributed by atoms with E-state index in [0.29, 0.717) is 45.3 Å². The highest BCUT2D eigenvalue weighted by Gasteiger charge is 2.38. The van der Waals surface area contributed by atoms with Crippen molar-refractivity contribution in [2.45, 2.75) is 44.4 Å². The van der Waals surface area contributed by atoms with Crippen LogP contribution in [0.5, 0.6) is 0 Å². The van der Waals surface area contributed by atoms with Crippen molar-refractivity contribution in [1.82, 2.24) is 15.2 Å². The van der Waals surface area contributed by atoms with Crippen LogP contribution in [0.3, 0.4) is 0 Å². The van der Waals surface area contributed by atoms with E-state index < -0.39 is 6.10 Å². The Bertz CT molecular complexity index is 592. The molecule has 3 rings (SSSR count). The Balaban J connectivity index is 1.43. The molecule has 7 heteroatoms. The van der Waals surface area contributed by atoms with Crippen molar-refractivity contribution in [2.24, 2.45) is 17.6 Å². The molecule has 1 aromatic rings. The van der Waals surface area contributed by atoms with Gasteiger partial charge in [0, 0.05) is 37.2 Å². The maximum atomic E-state index is 12.5. The summed E-state index contributed by atoms with van der Waals surface area (Å²) < 4.78 is 0. The quantitative estimate of drug-likeness (QED) is 0.713. The van der Waals surface area contributed by atoms with E-state index in [-0.39, 0.29) is 29.7 Å². The van der Waals surface area contributed by atoms with E-state index in [1.54, 1.807) is 6.20 Å². The predicted octanol–water partition coefficient (Wildman–Crippen LogP) is 0.0346. The van der Waals surface area contributed by atoms with E-state index in [1.165, 1.54) is 0 Å². The normalized spacial score (nSPS) is 27.3. The van der Waals surface area contributed by atoms with Gasteiger partial charge in [-0.25, -0.2) is 0 Å². The fraction of sp³-hybridized carbons (Fsp3) is 0.611. The minimum atomic E-state index is -0.580.